The molecule has 2 aliphatic rings. The predicted molar refractivity (Wildman–Crippen MR) is 116 cm³/mol. The van der Waals surface area contributed by atoms with Gasteiger partial charge in [0.25, 0.3) is 0 Å². The molecule has 0 N–H and O–H groups in total. The van der Waals surface area contributed by atoms with Gasteiger partial charge in [-0.3, -0.25) is 14.6 Å². The van der Waals surface area contributed by atoms with E-state index in [9.17, 15) is 4.79 Å². The quantitative estimate of drug-likeness (QED) is 0.513. The van der Waals surface area contributed by atoms with Gasteiger partial charge in [0.2, 0.25) is 0 Å². The van der Waals surface area contributed by atoms with Crippen LogP contribution in [0.25, 0.3) is 0 Å². The third-order valence-electron chi connectivity index (χ3n) is 6.30. The van der Waals surface area contributed by atoms with Crippen LogP contribution in [0.5, 0.6) is 0 Å². The van der Waals surface area contributed by atoms with Crippen LogP contribution in [0.1, 0.15) is 24.8 Å². The Bertz CT molecular complexity index is 617. The number of likely N-dealkylation sites (tertiary alicyclic amines) is 1. The van der Waals surface area contributed by atoms with E-state index in [2.05, 4.69) is 52.3 Å². The van der Waals surface area contributed by atoms with Gasteiger partial charge in [-0.2, -0.15) is 0 Å². The average molecular weight is 406 g/mol. The zero-order chi connectivity index (χ0) is 19.9. The highest BCUT2D eigenvalue weighted by Crippen LogP contribution is 2.28. The molecule has 2 heterocycles. The molecule has 1 aromatic rings. The Labute approximate surface area is 174 Å². The lowest BCUT2D eigenvalue weighted by Crippen LogP contribution is -2.56. The summed E-state index contributed by atoms with van der Waals surface area (Å²) in [6.07, 6.45) is 4.76. The molecule has 0 bridgehead atoms. The number of rotatable bonds is 7. The summed E-state index contributed by atoms with van der Waals surface area (Å²) in [7, 11) is 3.70. The molecule has 2 aliphatic heterocycles. The Morgan fingerprint density at radius 2 is 1.86 bits per heavy atom. The minimum atomic E-state index is -0.0816. The summed E-state index contributed by atoms with van der Waals surface area (Å²) in [5.74, 6) is 0.448. The molecule has 0 saturated carbocycles. The molecule has 156 valence electrons. The van der Waals surface area contributed by atoms with Gasteiger partial charge in [-0.15, -0.1) is 11.8 Å². The van der Waals surface area contributed by atoms with Crippen LogP contribution in [0.3, 0.4) is 0 Å². The summed E-state index contributed by atoms with van der Waals surface area (Å²) in [5.41, 5.74) is 1.38. The maximum absolute atomic E-state index is 11.8. The maximum Gasteiger partial charge on any atom is 0.305 e. The zero-order valence-corrected chi connectivity index (χ0v) is 18.4. The minimum absolute atomic E-state index is 0.0816. The van der Waals surface area contributed by atoms with Crippen molar-refractivity contribution in [3.8, 4) is 0 Å². The first kappa shape index (κ1) is 21.6. The van der Waals surface area contributed by atoms with E-state index < -0.39 is 0 Å². The molecule has 0 radical (unpaired) electrons. The Morgan fingerprint density at radius 3 is 2.50 bits per heavy atom. The molecule has 2 fully saturated rings. The summed E-state index contributed by atoms with van der Waals surface area (Å²) in [4.78, 5) is 20.7. The van der Waals surface area contributed by atoms with Crippen LogP contribution in [0.4, 0.5) is 0 Å². The third kappa shape index (κ3) is 5.96. The van der Waals surface area contributed by atoms with Crippen LogP contribution in [0, 0.1) is 5.92 Å². The number of piperidine rings is 1. The van der Waals surface area contributed by atoms with Crippen LogP contribution < -0.4 is 0 Å². The second-order valence-electron chi connectivity index (χ2n) is 8.15. The molecule has 5 nitrogen and oxygen atoms in total. The van der Waals surface area contributed by atoms with Crippen molar-refractivity contribution in [3.05, 3.63) is 29.8 Å². The first-order valence-electron chi connectivity index (χ1n) is 10.4. The monoisotopic (exact) mass is 405 g/mol. The summed E-state index contributed by atoms with van der Waals surface area (Å²) in [6.45, 7) is 7.78. The van der Waals surface area contributed by atoms with Gasteiger partial charge in [0, 0.05) is 56.6 Å². The zero-order valence-electron chi connectivity index (χ0n) is 17.6. The number of benzene rings is 1. The van der Waals surface area contributed by atoms with Crippen molar-refractivity contribution in [2.45, 2.75) is 36.7 Å². The first-order valence-corrected chi connectivity index (χ1v) is 11.7. The van der Waals surface area contributed by atoms with Gasteiger partial charge in [0.05, 0.1) is 7.11 Å². The Morgan fingerprint density at radius 1 is 1.14 bits per heavy atom. The summed E-state index contributed by atoms with van der Waals surface area (Å²) >= 11 is 1.79. The number of hydrogen-bond acceptors (Lipinski definition) is 6. The molecule has 2 saturated heterocycles. The van der Waals surface area contributed by atoms with Crippen LogP contribution >= 0.6 is 11.8 Å². The second kappa shape index (κ2) is 10.6. The van der Waals surface area contributed by atoms with Gasteiger partial charge in [0.1, 0.15) is 0 Å². The Kier molecular flexibility index (Phi) is 8.21. The SMILES string of the molecule is COC(=O)CC[C@H]1CN(Cc2ccc(SC)cc2)CC[C@H]1N1CCN(C)CC1. The third-order valence-corrected chi connectivity index (χ3v) is 7.04. The van der Waals surface area contributed by atoms with Crippen molar-refractivity contribution in [1.29, 1.82) is 0 Å². The van der Waals surface area contributed by atoms with Crippen molar-refractivity contribution in [2.24, 2.45) is 5.92 Å². The summed E-state index contributed by atoms with van der Waals surface area (Å²) in [6, 6.07) is 9.52. The van der Waals surface area contributed by atoms with Gasteiger partial charge in [-0.05, 0) is 56.3 Å². The Balaban J connectivity index is 1.62. The van der Waals surface area contributed by atoms with Crippen molar-refractivity contribution in [1.82, 2.24) is 14.7 Å². The number of ether oxygens (including phenoxy) is 1. The standard InChI is InChI=1S/C22H35N3O2S/c1-23-12-14-25(15-13-23)21-10-11-24(17-19(21)6-9-22(26)27-2)16-18-4-7-20(28-3)8-5-18/h4-5,7-8,19,21H,6,9-17H2,1-3H3/t19-,21+/m0/s1. The van der Waals surface area contributed by atoms with E-state index in [0.29, 0.717) is 18.4 Å². The van der Waals surface area contributed by atoms with Gasteiger partial charge in [-0.25, -0.2) is 0 Å². The number of methoxy groups -OCH3 is 1. The summed E-state index contributed by atoms with van der Waals surface area (Å²) < 4.78 is 4.91. The molecule has 0 aliphatic carbocycles. The lowest BCUT2D eigenvalue weighted by molar-refractivity contribution is -0.141. The molecule has 28 heavy (non-hydrogen) atoms. The van der Waals surface area contributed by atoms with Gasteiger partial charge in [0.15, 0.2) is 0 Å². The molecule has 0 amide bonds. The van der Waals surface area contributed by atoms with Gasteiger partial charge in [-0.1, -0.05) is 12.1 Å². The molecule has 0 unspecified atom stereocenters. The highest BCUT2D eigenvalue weighted by atomic mass is 32.2. The van der Waals surface area contributed by atoms with Gasteiger partial charge >= 0.3 is 5.97 Å². The number of piperazine rings is 1. The molecular formula is C22H35N3O2S. The van der Waals surface area contributed by atoms with Crippen molar-refractivity contribution < 1.29 is 9.53 Å². The lowest BCUT2D eigenvalue weighted by atomic mass is 9.86. The molecule has 0 spiro atoms. The Hall–Kier alpha value is -1.08. The van der Waals surface area contributed by atoms with Crippen LogP contribution in [-0.4, -0.2) is 86.4 Å². The van der Waals surface area contributed by atoms with E-state index in [0.717, 1.165) is 52.2 Å². The number of thioether (sulfide) groups is 1. The first-order chi connectivity index (χ1) is 13.6. The van der Waals surface area contributed by atoms with Crippen LogP contribution in [0.15, 0.2) is 29.2 Å². The van der Waals surface area contributed by atoms with E-state index in [1.165, 1.54) is 24.0 Å². The number of esters is 1. The number of likely N-dealkylation sites (N-methyl/N-ethyl adjacent to an activating group) is 1. The smallest absolute Gasteiger partial charge is 0.305 e. The highest BCUT2D eigenvalue weighted by molar-refractivity contribution is 7.98. The maximum atomic E-state index is 11.8. The van der Waals surface area contributed by atoms with Crippen LogP contribution in [-0.2, 0) is 16.1 Å². The average Bonchev–Trinajstić information content (AvgIpc) is 2.73. The molecule has 3 rings (SSSR count). The minimum Gasteiger partial charge on any atom is -0.469 e. The molecule has 1 aromatic carbocycles. The second-order valence-corrected chi connectivity index (χ2v) is 9.03. The fourth-order valence-corrected chi connectivity index (χ4v) is 4.96. The normalized spacial score (nSPS) is 25.0. The lowest BCUT2D eigenvalue weighted by Gasteiger charge is -2.46. The fraction of sp³-hybridized carbons (Fsp3) is 0.682. The van der Waals surface area contributed by atoms with Crippen molar-refractivity contribution >= 4 is 17.7 Å². The topological polar surface area (TPSA) is 36.0 Å². The van der Waals surface area contributed by atoms with E-state index >= 15 is 0 Å². The largest absolute Gasteiger partial charge is 0.469 e. The van der Waals surface area contributed by atoms with E-state index in [1.54, 1.807) is 11.8 Å². The number of carbonyl (C=O) groups excluding carboxylic acids is 1. The predicted octanol–water partition coefficient (Wildman–Crippen LogP) is 2.80. The number of hydrogen-bond donors (Lipinski definition) is 0. The molecule has 2 atom stereocenters. The van der Waals surface area contributed by atoms with Gasteiger partial charge < -0.3 is 9.64 Å². The van der Waals surface area contributed by atoms with Crippen LogP contribution in [0.2, 0.25) is 0 Å². The van der Waals surface area contributed by atoms with Crippen molar-refractivity contribution in [2.75, 3.05) is 59.7 Å². The van der Waals surface area contributed by atoms with E-state index in [4.69, 9.17) is 4.74 Å². The molecule has 6 heteroatoms. The number of carbonyl (C=O) groups is 1. The highest BCUT2D eigenvalue weighted by Gasteiger charge is 2.34. The fourth-order valence-electron chi connectivity index (χ4n) is 4.55. The van der Waals surface area contributed by atoms with Crippen molar-refractivity contribution in [3.63, 3.8) is 0 Å². The van der Waals surface area contributed by atoms with E-state index in [1.807, 2.05) is 0 Å². The molecule has 0 aromatic heterocycles. The summed E-state index contributed by atoms with van der Waals surface area (Å²) in [5, 5.41) is 0. The number of nitrogens with zero attached hydrogens (tertiary/aromatic N) is 3. The van der Waals surface area contributed by atoms with E-state index in [-0.39, 0.29) is 5.97 Å². The molecular weight excluding hydrogens is 370 g/mol.